The first-order chi connectivity index (χ1) is 13.9. The number of rotatable bonds is 5. The number of carbonyl (C=O) groups is 1. The van der Waals surface area contributed by atoms with Gasteiger partial charge in [0.15, 0.2) is 11.5 Å². The van der Waals surface area contributed by atoms with E-state index in [2.05, 4.69) is 0 Å². The average molecular weight is 426 g/mol. The Morgan fingerprint density at radius 1 is 1.21 bits per heavy atom. The van der Waals surface area contributed by atoms with Crippen molar-refractivity contribution in [3.8, 4) is 17.2 Å². The van der Waals surface area contributed by atoms with Crippen LogP contribution < -0.4 is 14.2 Å². The zero-order valence-electron chi connectivity index (χ0n) is 16.6. The topological polar surface area (TPSA) is 106 Å². The largest absolute Gasteiger partial charge is 0.492 e. The van der Waals surface area contributed by atoms with Crippen molar-refractivity contribution in [3.05, 3.63) is 11.1 Å². The zero-order valence-corrected chi connectivity index (χ0v) is 17.5. The van der Waals surface area contributed by atoms with Gasteiger partial charge in [-0.3, -0.25) is 4.79 Å². The molecule has 3 aliphatic rings. The summed E-state index contributed by atoms with van der Waals surface area (Å²) >= 11 is 0. The predicted molar refractivity (Wildman–Crippen MR) is 103 cm³/mol. The van der Waals surface area contributed by atoms with Crippen LogP contribution in [0.2, 0.25) is 0 Å². The molecule has 0 aliphatic carbocycles. The molecule has 10 heteroatoms. The second-order valence-electron chi connectivity index (χ2n) is 7.54. The maximum absolute atomic E-state index is 13.8. The van der Waals surface area contributed by atoms with Crippen molar-refractivity contribution in [2.24, 2.45) is 0 Å². The normalized spacial score (nSPS) is 22.0. The number of hydrogen-bond acceptors (Lipinski definition) is 7. The lowest BCUT2D eigenvalue weighted by molar-refractivity contribution is 0.0775. The van der Waals surface area contributed by atoms with Gasteiger partial charge in [0.2, 0.25) is 22.6 Å². The Hall–Kier alpha value is -2.04. The molecule has 1 aromatic carbocycles. The summed E-state index contributed by atoms with van der Waals surface area (Å²) in [5, 5.41) is 9.42. The van der Waals surface area contributed by atoms with E-state index in [-0.39, 0.29) is 53.1 Å². The van der Waals surface area contributed by atoms with Crippen LogP contribution in [0.1, 0.15) is 41.6 Å². The van der Waals surface area contributed by atoms with Crippen molar-refractivity contribution in [2.45, 2.75) is 43.0 Å². The van der Waals surface area contributed by atoms with Crippen LogP contribution in [0.3, 0.4) is 0 Å². The van der Waals surface area contributed by atoms with E-state index >= 15 is 0 Å². The van der Waals surface area contributed by atoms with Crippen LogP contribution >= 0.6 is 0 Å². The van der Waals surface area contributed by atoms with E-state index in [9.17, 15) is 18.3 Å². The SMILES string of the molecule is COc1c2c(c(S(=O)(=O)N3CCCC[C@H]3CCO)c3c1C(=O)N(C)CC3)OCO2. The molecule has 1 aromatic rings. The van der Waals surface area contributed by atoms with Crippen molar-refractivity contribution in [1.82, 2.24) is 9.21 Å². The molecule has 0 spiro atoms. The number of carbonyl (C=O) groups excluding carboxylic acids is 1. The smallest absolute Gasteiger partial charge is 0.257 e. The van der Waals surface area contributed by atoms with Crippen molar-refractivity contribution < 1.29 is 32.5 Å². The number of amides is 1. The number of sulfonamides is 1. The summed E-state index contributed by atoms with van der Waals surface area (Å²) in [6.07, 6.45) is 3.11. The molecule has 160 valence electrons. The number of methoxy groups -OCH3 is 1. The monoisotopic (exact) mass is 426 g/mol. The fourth-order valence-electron chi connectivity index (χ4n) is 4.47. The molecule has 1 atom stereocenters. The first-order valence-corrected chi connectivity index (χ1v) is 11.3. The molecule has 29 heavy (non-hydrogen) atoms. The van der Waals surface area contributed by atoms with Gasteiger partial charge >= 0.3 is 0 Å². The molecule has 1 fully saturated rings. The molecule has 0 radical (unpaired) electrons. The van der Waals surface area contributed by atoms with Crippen molar-refractivity contribution >= 4 is 15.9 Å². The summed E-state index contributed by atoms with van der Waals surface area (Å²) in [7, 11) is -0.877. The fraction of sp³-hybridized carbons (Fsp3) is 0.632. The summed E-state index contributed by atoms with van der Waals surface area (Å²) in [5.41, 5.74) is 0.641. The second kappa shape index (κ2) is 7.66. The number of likely N-dealkylation sites (N-methyl/N-ethyl adjacent to an activating group) is 1. The van der Waals surface area contributed by atoms with Gasteiger partial charge < -0.3 is 24.2 Å². The number of fused-ring (bicyclic) bond motifs is 2. The van der Waals surface area contributed by atoms with E-state index in [1.54, 1.807) is 11.9 Å². The predicted octanol–water partition coefficient (Wildman–Crippen LogP) is 0.978. The Bertz CT molecular complexity index is 929. The summed E-state index contributed by atoms with van der Waals surface area (Å²) < 4.78 is 45.7. The van der Waals surface area contributed by atoms with E-state index in [0.717, 1.165) is 12.8 Å². The van der Waals surface area contributed by atoms with Crippen molar-refractivity contribution in [2.75, 3.05) is 40.6 Å². The van der Waals surface area contributed by atoms with Crippen molar-refractivity contribution in [3.63, 3.8) is 0 Å². The minimum atomic E-state index is -3.98. The molecule has 0 aromatic heterocycles. The van der Waals surface area contributed by atoms with E-state index in [1.807, 2.05) is 0 Å². The Morgan fingerprint density at radius 3 is 2.69 bits per heavy atom. The molecule has 0 bridgehead atoms. The Labute approximate surface area is 170 Å². The highest BCUT2D eigenvalue weighted by atomic mass is 32.2. The minimum Gasteiger partial charge on any atom is -0.492 e. The van der Waals surface area contributed by atoms with Gasteiger partial charge in [-0.05, 0) is 31.2 Å². The molecule has 3 aliphatic heterocycles. The standard InChI is InChI=1S/C19H26N2O7S/c1-20-9-6-13-14(19(20)23)15(26-2)16-17(28-11-27-16)18(13)29(24,25)21-8-4-3-5-12(21)7-10-22/h12,22H,3-11H2,1-2H3/t12-/m0/s1. The van der Waals surface area contributed by atoms with Crippen LogP contribution in [0.15, 0.2) is 4.90 Å². The van der Waals surface area contributed by atoms with Crippen LogP contribution in [0.25, 0.3) is 0 Å². The van der Waals surface area contributed by atoms with Gasteiger partial charge in [-0.25, -0.2) is 8.42 Å². The highest BCUT2D eigenvalue weighted by molar-refractivity contribution is 7.89. The van der Waals surface area contributed by atoms with Crippen LogP contribution in [0.4, 0.5) is 0 Å². The first-order valence-electron chi connectivity index (χ1n) is 9.82. The van der Waals surface area contributed by atoms with Crippen LogP contribution in [0.5, 0.6) is 17.2 Å². The molecule has 4 rings (SSSR count). The molecule has 3 heterocycles. The average Bonchev–Trinajstić information content (AvgIpc) is 3.18. The summed E-state index contributed by atoms with van der Waals surface area (Å²) in [6.45, 7) is 0.550. The first kappa shape index (κ1) is 20.2. The van der Waals surface area contributed by atoms with E-state index in [0.29, 0.717) is 37.9 Å². The van der Waals surface area contributed by atoms with Gasteiger partial charge in [-0.2, -0.15) is 4.31 Å². The highest BCUT2D eigenvalue weighted by Gasteiger charge is 2.44. The summed E-state index contributed by atoms with van der Waals surface area (Å²) in [6, 6.07) is -0.281. The van der Waals surface area contributed by atoms with Gasteiger partial charge in [0.1, 0.15) is 4.90 Å². The number of aliphatic hydroxyl groups is 1. The molecule has 0 unspecified atom stereocenters. The lowest BCUT2D eigenvalue weighted by atomic mass is 9.97. The van der Waals surface area contributed by atoms with Gasteiger partial charge in [0, 0.05) is 32.8 Å². The number of hydrogen-bond donors (Lipinski definition) is 1. The Kier molecular flexibility index (Phi) is 5.34. The van der Waals surface area contributed by atoms with Crippen LogP contribution in [0, 0.1) is 0 Å². The lowest BCUT2D eigenvalue weighted by Gasteiger charge is -2.36. The van der Waals surface area contributed by atoms with Gasteiger partial charge in [-0.1, -0.05) is 6.42 Å². The maximum atomic E-state index is 13.8. The molecular formula is C19H26N2O7S. The van der Waals surface area contributed by atoms with E-state index in [4.69, 9.17) is 14.2 Å². The third-order valence-corrected chi connectivity index (χ3v) is 7.94. The third kappa shape index (κ3) is 3.13. The fourth-order valence-corrected chi connectivity index (χ4v) is 6.58. The quantitative estimate of drug-likeness (QED) is 0.748. The zero-order chi connectivity index (χ0) is 20.8. The van der Waals surface area contributed by atoms with Crippen LogP contribution in [-0.4, -0.2) is 75.3 Å². The Balaban J connectivity index is 1.94. The minimum absolute atomic E-state index is 0.00656. The van der Waals surface area contributed by atoms with Crippen molar-refractivity contribution in [1.29, 1.82) is 0 Å². The Morgan fingerprint density at radius 2 is 1.97 bits per heavy atom. The third-order valence-electron chi connectivity index (χ3n) is 5.89. The summed E-state index contributed by atoms with van der Waals surface area (Å²) in [5.74, 6) is 0.187. The molecule has 0 saturated carbocycles. The number of nitrogens with zero attached hydrogens (tertiary/aromatic N) is 2. The molecule has 1 amide bonds. The van der Waals surface area contributed by atoms with Crippen LogP contribution in [-0.2, 0) is 16.4 Å². The maximum Gasteiger partial charge on any atom is 0.257 e. The van der Waals surface area contributed by atoms with E-state index < -0.39 is 10.0 Å². The summed E-state index contributed by atoms with van der Waals surface area (Å²) in [4.78, 5) is 14.5. The lowest BCUT2D eigenvalue weighted by Crippen LogP contribution is -2.45. The van der Waals surface area contributed by atoms with Gasteiger partial charge in [0.05, 0.1) is 12.7 Å². The van der Waals surface area contributed by atoms with Gasteiger partial charge in [-0.15, -0.1) is 0 Å². The molecule has 1 N–H and O–H groups in total. The number of benzene rings is 1. The molecule has 1 saturated heterocycles. The number of aliphatic hydroxyl groups excluding tert-OH is 1. The molecule has 9 nitrogen and oxygen atoms in total. The number of piperidine rings is 1. The van der Waals surface area contributed by atoms with E-state index in [1.165, 1.54) is 11.4 Å². The number of ether oxygens (including phenoxy) is 3. The molecular weight excluding hydrogens is 400 g/mol. The van der Waals surface area contributed by atoms with Gasteiger partial charge in [0.25, 0.3) is 5.91 Å². The second-order valence-corrected chi connectivity index (χ2v) is 9.36. The highest BCUT2D eigenvalue weighted by Crippen LogP contribution is 2.52.